The van der Waals surface area contributed by atoms with Gasteiger partial charge in [0.25, 0.3) is 0 Å². The number of ether oxygens (including phenoxy) is 1. The maximum absolute atomic E-state index is 11.3. The van der Waals surface area contributed by atoms with Crippen LogP contribution < -0.4 is 0 Å². The largest absolute Gasteiger partial charge is 0.466 e. The van der Waals surface area contributed by atoms with E-state index in [-0.39, 0.29) is 5.97 Å². The first-order valence-corrected chi connectivity index (χ1v) is 8.36. The van der Waals surface area contributed by atoms with Crippen LogP contribution in [0.4, 0.5) is 0 Å². The molecule has 0 fully saturated rings. The number of rotatable bonds is 13. The second-order valence-electron chi connectivity index (χ2n) is 5.73. The van der Waals surface area contributed by atoms with E-state index in [9.17, 15) is 4.79 Å². The summed E-state index contributed by atoms with van der Waals surface area (Å²) >= 11 is 0. The minimum absolute atomic E-state index is 0.0362. The van der Waals surface area contributed by atoms with Crippen molar-refractivity contribution in [3.63, 3.8) is 0 Å². The zero-order chi connectivity index (χ0) is 14.3. The molecule has 1 unspecified atom stereocenters. The van der Waals surface area contributed by atoms with Gasteiger partial charge in [-0.2, -0.15) is 0 Å². The van der Waals surface area contributed by atoms with Crippen LogP contribution in [0.25, 0.3) is 0 Å². The van der Waals surface area contributed by atoms with Crippen LogP contribution in [-0.4, -0.2) is 12.6 Å². The monoisotopic (exact) mass is 270 g/mol. The molecule has 2 heteroatoms. The highest BCUT2D eigenvalue weighted by atomic mass is 16.5. The minimum Gasteiger partial charge on any atom is -0.466 e. The zero-order valence-electron chi connectivity index (χ0n) is 13.4. The molecule has 0 radical (unpaired) electrons. The highest BCUT2D eigenvalue weighted by Crippen LogP contribution is 2.15. The molecule has 0 rings (SSSR count). The number of hydrogen-bond acceptors (Lipinski definition) is 2. The van der Waals surface area contributed by atoms with Crippen LogP contribution in [0.1, 0.15) is 91.4 Å². The summed E-state index contributed by atoms with van der Waals surface area (Å²) in [5, 5.41) is 0. The SMILES string of the molecule is CCCCCCCCCCCC(C)CC(=O)OCC. The Morgan fingerprint density at radius 3 is 1.95 bits per heavy atom. The van der Waals surface area contributed by atoms with Gasteiger partial charge in [0.15, 0.2) is 0 Å². The quantitative estimate of drug-likeness (QED) is 0.326. The van der Waals surface area contributed by atoms with E-state index in [2.05, 4.69) is 13.8 Å². The van der Waals surface area contributed by atoms with E-state index in [0.29, 0.717) is 18.9 Å². The van der Waals surface area contributed by atoms with E-state index in [1.54, 1.807) is 0 Å². The average Bonchev–Trinajstić information content (AvgIpc) is 2.37. The van der Waals surface area contributed by atoms with Crippen LogP contribution in [0, 0.1) is 5.92 Å². The highest BCUT2D eigenvalue weighted by molar-refractivity contribution is 5.69. The molecule has 1 atom stereocenters. The Labute approximate surface area is 120 Å². The van der Waals surface area contributed by atoms with E-state index in [1.807, 2.05) is 6.92 Å². The van der Waals surface area contributed by atoms with Gasteiger partial charge in [0, 0.05) is 6.42 Å². The smallest absolute Gasteiger partial charge is 0.306 e. The van der Waals surface area contributed by atoms with Crippen LogP contribution in [0.2, 0.25) is 0 Å². The summed E-state index contributed by atoms with van der Waals surface area (Å²) in [6.07, 6.45) is 14.0. The van der Waals surface area contributed by atoms with Crippen LogP contribution in [-0.2, 0) is 9.53 Å². The second-order valence-corrected chi connectivity index (χ2v) is 5.73. The molecule has 0 N–H and O–H groups in total. The standard InChI is InChI=1S/C17H34O2/c1-4-6-7-8-9-10-11-12-13-14-16(3)15-17(18)19-5-2/h16H,4-15H2,1-3H3. The molecule has 0 bridgehead atoms. The molecule has 0 heterocycles. The van der Waals surface area contributed by atoms with E-state index in [1.165, 1.54) is 57.8 Å². The van der Waals surface area contributed by atoms with E-state index in [4.69, 9.17) is 4.74 Å². The number of hydrogen-bond donors (Lipinski definition) is 0. The fourth-order valence-electron chi connectivity index (χ4n) is 2.41. The Morgan fingerprint density at radius 1 is 0.895 bits per heavy atom. The fourth-order valence-corrected chi connectivity index (χ4v) is 2.41. The maximum atomic E-state index is 11.3. The Hall–Kier alpha value is -0.530. The van der Waals surface area contributed by atoms with Crippen molar-refractivity contribution in [2.45, 2.75) is 91.4 Å². The summed E-state index contributed by atoms with van der Waals surface area (Å²) in [4.78, 5) is 11.3. The van der Waals surface area contributed by atoms with Crippen molar-refractivity contribution in [3.8, 4) is 0 Å². The van der Waals surface area contributed by atoms with Gasteiger partial charge in [-0.1, -0.05) is 78.1 Å². The summed E-state index contributed by atoms with van der Waals surface area (Å²) in [7, 11) is 0. The number of unbranched alkanes of at least 4 members (excludes halogenated alkanes) is 8. The van der Waals surface area contributed by atoms with Crippen LogP contribution in [0.15, 0.2) is 0 Å². The van der Waals surface area contributed by atoms with E-state index in [0.717, 1.165) is 6.42 Å². The molecular weight excluding hydrogens is 236 g/mol. The Balaban J connectivity index is 3.22. The van der Waals surface area contributed by atoms with E-state index >= 15 is 0 Å². The van der Waals surface area contributed by atoms with Gasteiger partial charge in [-0.25, -0.2) is 0 Å². The van der Waals surface area contributed by atoms with Gasteiger partial charge in [-0.15, -0.1) is 0 Å². The Kier molecular flexibility index (Phi) is 13.5. The second kappa shape index (κ2) is 13.9. The molecular formula is C17H34O2. The predicted octanol–water partition coefficient (Wildman–Crippen LogP) is 5.50. The number of carbonyl (C=O) groups is 1. The predicted molar refractivity (Wildman–Crippen MR) is 82.3 cm³/mol. The van der Waals surface area contributed by atoms with Gasteiger partial charge in [-0.3, -0.25) is 4.79 Å². The molecule has 0 aliphatic rings. The third kappa shape index (κ3) is 13.7. The number of carbonyl (C=O) groups excluding carboxylic acids is 1. The first kappa shape index (κ1) is 18.5. The van der Waals surface area contributed by atoms with Crippen molar-refractivity contribution in [1.29, 1.82) is 0 Å². The summed E-state index contributed by atoms with van der Waals surface area (Å²) in [5.41, 5.74) is 0. The maximum Gasteiger partial charge on any atom is 0.306 e. The first-order valence-electron chi connectivity index (χ1n) is 8.36. The topological polar surface area (TPSA) is 26.3 Å². The molecule has 0 aliphatic carbocycles. The van der Waals surface area contributed by atoms with Gasteiger partial charge in [0.2, 0.25) is 0 Å². The summed E-state index contributed by atoms with van der Waals surface area (Å²) in [6, 6.07) is 0. The molecule has 0 aromatic carbocycles. The molecule has 0 amide bonds. The summed E-state index contributed by atoms with van der Waals surface area (Å²) < 4.78 is 4.97. The van der Waals surface area contributed by atoms with Gasteiger partial charge in [0.1, 0.15) is 0 Å². The molecule has 0 saturated heterocycles. The summed E-state index contributed by atoms with van der Waals surface area (Å²) in [6.45, 7) is 6.78. The molecule has 0 spiro atoms. The van der Waals surface area contributed by atoms with Gasteiger partial charge in [0.05, 0.1) is 6.61 Å². The zero-order valence-corrected chi connectivity index (χ0v) is 13.4. The molecule has 0 aromatic rings. The third-order valence-corrected chi connectivity index (χ3v) is 3.62. The lowest BCUT2D eigenvalue weighted by Crippen LogP contribution is -2.09. The fraction of sp³-hybridized carbons (Fsp3) is 0.941. The lowest BCUT2D eigenvalue weighted by Gasteiger charge is -2.10. The van der Waals surface area contributed by atoms with Gasteiger partial charge >= 0.3 is 5.97 Å². The lowest BCUT2D eigenvalue weighted by molar-refractivity contribution is -0.144. The lowest BCUT2D eigenvalue weighted by atomic mass is 9.99. The van der Waals surface area contributed by atoms with Crippen molar-refractivity contribution in [2.75, 3.05) is 6.61 Å². The van der Waals surface area contributed by atoms with Gasteiger partial charge in [-0.05, 0) is 12.8 Å². The average molecular weight is 270 g/mol. The molecule has 0 aliphatic heterocycles. The molecule has 114 valence electrons. The number of esters is 1. The van der Waals surface area contributed by atoms with Crippen molar-refractivity contribution < 1.29 is 9.53 Å². The molecule has 2 nitrogen and oxygen atoms in total. The minimum atomic E-state index is -0.0362. The molecule has 0 saturated carbocycles. The van der Waals surface area contributed by atoms with Crippen LogP contribution >= 0.6 is 0 Å². The van der Waals surface area contributed by atoms with Gasteiger partial charge < -0.3 is 4.74 Å². The van der Waals surface area contributed by atoms with Crippen molar-refractivity contribution in [2.24, 2.45) is 5.92 Å². The van der Waals surface area contributed by atoms with Crippen LogP contribution in [0.3, 0.4) is 0 Å². The van der Waals surface area contributed by atoms with Crippen molar-refractivity contribution in [3.05, 3.63) is 0 Å². The van der Waals surface area contributed by atoms with Crippen LogP contribution in [0.5, 0.6) is 0 Å². The summed E-state index contributed by atoms with van der Waals surface area (Å²) in [5.74, 6) is 0.439. The normalized spacial score (nSPS) is 12.4. The Bertz CT molecular complexity index is 201. The molecule has 0 aromatic heterocycles. The first-order chi connectivity index (χ1) is 9.20. The van der Waals surface area contributed by atoms with Crippen molar-refractivity contribution in [1.82, 2.24) is 0 Å². The molecule has 19 heavy (non-hydrogen) atoms. The Morgan fingerprint density at radius 2 is 1.42 bits per heavy atom. The van der Waals surface area contributed by atoms with Crippen molar-refractivity contribution >= 4 is 5.97 Å². The highest BCUT2D eigenvalue weighted by Gasteiger charge is 2.09. The third-order valence-electron chi connectivity index (χ3n) is 3.62. The van der Waals surface area contributed by atoms with E-state index < -0.39 is 0 Å².